The van der Waals surface area contributed by atoms with Crippen LogP contribution in [0.25, 0.3) is 0 Å². The quantitative estimate of drug-likeness (QED) is 0.559. The summed E-state index contributed by atoms with van der Waals surface area (Å²) >= 11 is 0. The zero-order valence-electron chi connectivity index (χ0n) is 15.7. The molecule has 144 valence electrons. The van der Waals surface area contributed by atoms with Crippen molar-refractivity contribution in [3.63, 3.8) is 0 Å². The average molecular weight is 377 g/mol. The minimum absolute atomic E-state index is 0.349. The summed E-state index contributed by atoms with van der Waals surface area (Å²) in [6.45, 7) is 1.62. The second-order valence-electron chi connectivity index (χ2n) is 6.23. The highest BCUT2D eigenvalue weighted by molar-refractivity contribution is 5.92. The number of nitrogens with one attached hydrogen (secondary N) is 1. The first-order valence-electron chi connectivity index (χ1n) is 9.01. The van der Waals surface area contributed by atoms with Gasteiger partial charge in [0, 0.05) is 18.8 Å². The van der Waals surface area contributed by atoms with Crippen LogP contribution in [0.2, 0.25) is 0 Å². The average Bonchev–Trinajstić information content (AvgIpc) is 2.73. The fourth-order valence-electron chi connectivity index (χ4n) is 2.75. The second kappa shape index (κ2) is 9.53. The predicted molar refractivity (Wildman–Crippen MR) is 108 cm³/mol. The van der Waals surface area contributed by atoms with Crippen LogP contribution in [0.4, 0.5) is 0 Å². The number of pyridine rings is 1. The van der Waals surface area contributed by atoms with E-state index < -0.39 is 5.91 Å². The first kappa shape index (κ1) is 19.4. The van der Waals surface area contributed by atoms with Crippen molar-refractivity contribution in [1.29, 1.82) is 0 Å². The molecular weight excluding hydrogens is 354 g/mol. The van der Waals surface area contributed by atoms with Gasteiger partial charge in [0.2, 0.25) is 11.8 Å². The van der Waals surface area contributed by atoms with Gasteiger partial charge in [0.1, 0.15) is 11.5 Å². The Kier molecular flexibility index (Phi) is 6.59. The molecule has 6 nitrogen and oxygen atoms in total. The maximum Gasteiger partial charge on any atom is 0.250 e. The maximum absolute atomic E-state index is 11.1. The Balaban J connectivity index is 1.47. The molecule has 2 aromatic carbocycles. The van der Waals surface area contributed by atoms with Gasteiger partial charge >= 0.3 is 0 Å². The monoisotopic (exact) mass is 377 g/mol. The Morgan fingerprint density at radius 1 is 1.07 bits per heavy atom. The Hall–Kier alpha value is -3.38. The molecule has 0 aliphatic carbocycles. The molecule has 0 saturated heterocycles. The summed E-state index contributed by atoms with van der Waals surface area (Å²) in [5, 5.41) is 3.43. The van der Waals surface area contributed by atoms with E-state index in [1.54, 1.807) is 19.2 Å². The van der Waals surface area contributed by atoms with Crippen molar-refractivity contribution in [2.45, 2.75) is 13.0 Å². The fourth-order valence-corrected chi connectivity index (χ4v) is 2.75. The van der Waals surface area contributed by atoms with Crippen molar-refractivity contribution >= 4 is 5.91 Å². The number of amides is 1. The van der Waals surface area contributed by atoms with E-state index in [1.807, 2.05) is 42.5 Å². The number of rotatable bonds is 9. The first-order valence-corrected chi connectivity index (χ1v) is 9.01. The van der Waals surface area contributed by atoms with Crippen molar-refractivity contribution in [2.24, 2.45) is 5.73 Å². The third kappa shape index (κ3) is 5.31. The number of carbonyl (C=O) groups excluding carboxylic acids is 1. The minimum atomic E-state index is -0.512. The van der Waals surface area contributed by atoms with E-state index in [2.05, 4.69) is 16.4 Å². The van der Waals surface area contributed by atoms with Crippen LogP contribution in [0.15, 0.2) is 66.9 Å². The van der Waals surface area contributed by atoms with Crippen molar-refractivity contribution < 1.29 is 14.3 Å². The highest BCUT2D eigenvalue weighted by Gasteiger charge is 2.04. The molecule has 3 rings (SSSR count). The number of nitrogens with two attached hydrogens (primary N) is 1. The SMILES string of the molecule is COc1ccccc1CCNCc1ccc(Oc2ccc(C(N)=O)cn2)cc1. The molecule has 0 bridgehead atoms. The van der Waals surface area contributed by atoms with E-state index in [0.29, 0.717) is 17.2 Å². The van der Waals surface area contributed by atoms with Crippen molar-refractivity contribution in [3.05, 3.63) is 83.6 Å². The topological polar surface area (TPSA) is 86.5 Å². The summed E-state index contributed by atoms with van der Waals surface area (Å²) < 4.78 is 11.1. The summed E-state index contributed by atoms with van der Waals surface area (Å²) in [6.07, 6.45) is 2.30. The molecule has 0 saturated carbocycles. The normalized spacial score (nSPS) is 10.5. The van der Waals surface area contributed by atoms with Crippen LogP contribution in [-0.4, -0.2) is 24.5 Å². The van der Waals surface area contributed by atoms with Gasteiger partial charge in [-0.15, -0.1) is 0 Å². The van der Waals surface area contributed by atoms with Crippen LogP contribution in [0.3, 0.4) is 0 Å². The van der Waals surface area contributed by atoms with Gasteiger partial charge in [-0.05, 0) is 48.4 Å². The lowest BCUT2D eigenvalue weighted by Gasteiger charge is -2.10. The third-order valence-electron chi connectivity index (χ3n) is 4.26. The molecule has 1 heterocycles. The molecule has 6 heteroatoms. The number of aromatic nitrogens is 1. The van der Waals surface area contributed by atoms with Gasteiger partial charge in [-0.1, -0.05) is 30.3 Å². The highest BCUT2D eigenvalue weighted by Crippen LogP contribution is 2.20. The molecule has 0 aliphatic heterocycles. The number of primary amides is 1. The van der Waals surface area contributed by atoms with E-state index in [4.69, 9.17) is 15.2 Å². The van der Waals surface area contributed by atoms with Crippen LogP contribution in [-0.2, 0) is 13.0 Å². The molecule has 0 spiro atoms. The third-order valence-corrected chi connectivity index (χ3v) is 4.26. The molecule has 1 amide bonds. The zero-order valence-corrected chi connectivity index (χ0v) is 15.7. The summed E-state index contributed by atoms with van der Waals surface area (Å²) in [4.78, 5) is 15.1. The van der Waals surface area contributed by atoms with Crippen LogP contribution < -0.4 is 20.5 Å². The predicted octanol–water partition coefficient (Wildman–Crippen LogP) is 3.31. The van der Waals surface area contributed by atoms with Crippen LogP contribution in [0, 0.1) is 0 Å². The molecule has 0 radical (unpaired) electrons. The first-order chi connectivity index (χ1) is 13.7. The van der Waals surface area contributed by atoms with Gasteiger partial charge in [0.15, 0.2) is 0 Å². The molecule has 0 fully saturated rings. The molecule has 28 heavy (non-hydrogen) atoms. The largest absolute Gasteiger partial charge is 0.496 e. The van der Waals surface area contributed by atoms with Gasteiger partial charge in [0.25, 0.3) is 0 Å². The number of hydrogen-bond acceptors (Lipinski definition) is 5. The second-order valence-corrected chi connectivity index (χ2v) is 6.23. The van der Waals surface area contributed by atoms with Crippen molar-refractivity contribution in [1.82, 2.24) is 10.3 Å². The molecular formula is C22H23N3O3. The maximum atomic E-state index is 11.1. The smallest absolute Gasteiger partial charge is 0.250 e. The van der Waals surface area contributed by atoms with Gasteiger partial charge < -0.3 is 20.5 Å². The molecule has 0 unspecified atom stereocenters. The summed E-state index contributed by atoms with van der Waals surface area (Å²) in [5.74, 6) is 1.50. The van der Waals surface area contributed by atoms with E-state index in [0.717, 1.165) is 30.8 Å². The van der Waals surface area contributed by atoms with E-state index in [-0.39, 0.29) is 0 Å². The lowest BCUT2D eigenvalue weighted by molar-refractivity contribution is 0.1000. The number of para-hydroxylation sites is 1. The fraction of sp³-hybridized carbons (Fsp3) is 0.182. The molecule has 3 N–H and O–H groups in total. The molecule has 0 atom stereocenters. The number of carbonyl (C=O) groups is 1. The number of benzene rings is 2. The van der Waals surface area contributed by atoms with E-state index in [9.17, 15) is 4.79 Å². The molecule has 0 aliphatic rings. The Labute approximate surface area is 164 Å². The lowest BCUT2D eigenvalue weighted by Crippen LogP contribution is -2.16. The zero-order chi connectivity index (χ0) is 19.8. The summed E-state index contributed by atoms with van der Waals surface area (Å²) in [5.41, 5.74) is 7.90. The minimum Gasteiger partial charge on any atom is -0.496 e. The summed E-state index contributed by atoms with van der Waals surface area (Å²) in [7, 11) is 1.69. The standard InChI is InChI=1S/C22H23N3O3/c1-27-20-5-3-2-4-17(20)12-13-24-14-16-6-9-19(10-7-16)28-21-11-8-18(15-25-21)22(23)26/h2-11,15,24H,12-14H2,1H3,(H2,23,26). The Morgan fingerprint density at radius 3 is 2.54 bits per heavy atom. The van der Waals surface area contributed by atoms with E-state index >= 15 is 0 Å². The van der Waals surface area contributed by atoms with Crippen LogP contribution in [0.5, 0.6) is 17.4 Å². The Bertz CT molecular complexity index is 909. The van der Waals surface area contributed by atoms with Crippen molar-refractivity contribution in [3.8, 4) is 17.4 Å². The lowest BCUT2D eigenvalue weighted by atomic mass is 10.1. The summed E-state index contributed by atoms with van der Waals surface area (Å²) in [6, 6.07) is 19.0. The molecule has 3 aromatic rings. The van der Waals surface area contributed by atoms with Gasteiger partial charge in [-0.25, -0.2) is 4.98 Å². The van der Waals surface area contributed by atoms with Gasteiger partial charge in [-0.2, -0.15) is 0 Å². The van der Waals surface area contributed by atoms with E-state index in [1.165, 1.54) is 11.8 Å². The highest BCUT2D eigenvalue weighted by atomic mass is 16.5. The number of hydrogen-bond donors (Lipinski definition) is 2. The van der Waals surface area contributed by atoms with Gasteiger partial charge in [-0.3, -0.25) is 4.79 Å². The number of ether oxygens (including phenoxy) is 2. The molecule has 1 aromatic heterocycles. The van der Waals surface area contributed by atoms with Crippen LogP contribution >= 0.6 is 0 Å². The number of methoxy groups -OCH3 is 1. The van der Waals surface area contributed by atoms with Crippen LogP contribution in [0.1, 0.15) is 21.5 Å². The Morgan fingerprint density at radius 2 is 1.86 bits per heavy atom. The number of nitrogens with zero attached hydrogens (tertiary/aromatic N) is 1. The van der Waals surface area contributed by atoms with Gasteiger partial charge in [0.05, 0.1) is 12.7 Å². The van der Waals surface area contributed by atoms with Crippen molar-refractivity contribution in [2.75, 3.05) is 13.7 Å².